The zero-order chi connectivity index (χ0) is 22.5. The third-order valence-electron chi connectivity index (χ3n) is 8.82. The van der Waals surface area contributed by atoms with Gasteiger partial charge in [-0.2, -0.15) is 0 Å². The largest absolute Gasteiger partial charge is 0.390 e. The van der Waals surface area contributed by atoms with Crippen molar-refractivity contribution in [2.24, 2.45) is 34.8 Å². The maximum absolute atomic E-state index is 10.1. The number of allylic oxidation sites excluding steroid dienone is 4. The standard InChI is InChI=1S/C28H51NO/c1-8-25-24(15-13-23-14-16-26(29)21(3)19-23)12-10-18-28(25,7)22(4)20(2)11-9-17-27(5,6)30/h13,15,20-22,25-26,30H,8-12,14,16-19,29H2,1-7H3/b23-13-,24-15+. The van der Waals surface area contributed by atoms with Gasteiger partial charge in [-0.3, -0.25) is 0 Å². The first-order chi connectivity index (χ1) is 14.0. The second kappa shape index (κ2) is 10.8. The van der Waals surface area contributed by atoms with E-state index in [-0.39, 0.29) is 0 Å². The Morgan fingerprint density at radius 2 is 1.93 bits per heavy atom. The monoisotopic (exact) mass is 417 g/mol. The summed E-state index contributed by atoms with van der Waals surface area (Å²) in [4.78, 5) is 0. The second-order valence-corrected chi connectivity index (χ2v) is 11.7. The van der Waals surface area contributed by atoms with Gasteiger partial charge in [0.1, 0.15) is 0 Å². The molecule has 0 bridgehead atoms. The molecule has 2 aliphatic rings. The van der Waals surface area contributed by atoms with E-state index < -0.39 is 5.60 Å². The molecule has 0 amide bonds. The Morgan fingerprint density at radius 3 is 2.53 bits per heavy atom. The second-order valence-electron chi connectivity index (χ2n) is 11.7. The fraction of sp³-hybridized carbons (Fsp3) is 0.857. The van der Waals surface area contributed by atoms with Crippen LogP contribution in [-0.2, 0) is 0 Å². The van der Waals surface area contributed by atoms with E-state index in [0.717, 1.165) is 19.3 Å². The minimum Gasteiger partial charge on any atom is -0.390 e. The summed E-state index contributed by atoms with van der Waals surface area (Å²) in [5, 5.41) is 10.1. The molecular formula is C28H51NO. The molecule has 30 heavy (non-hydrogen) atoms. The van der Waals surface area contributed by atoms with E-state index in [4.69, 9.17) is 5.73 Å². The van der Waals surface area contributed by atoms with Crippen LogP contribution >= 0.6 is 0 Å². The number of aliphatic hydroxyl groups is 1. The SMILES string of the molecule is CCC1/C(=C/C=C2/CCC(N)C(C)C2)CCCC1(C)C(C)C(C)CCCC(C)(C)O. The highest BCUT2D eigenvalue weighted by Gasteiger charge is 2.43. The van der Waals surface area contributed by atoms with Crippen LogP contribution in [0.15, 0.2) is 23.3 Å². The Hall–Kier alpha value is -0.600. The average Bonchev–Trinajstić information content (AvgIpc) is 2.67. The van der Waals surface area contributed by atoms with Crippen LogP contribution in [0, 0.1) is 29.1 Å². The molecule has 0 spiro atoms. The van der Waals surface area contributed by atoms with Crippen molar-refractivity contribution in [3.8, 4) is 0 Å². The van der Waals surface area contributed by atoms with Gasteiger partial charge in [0.15, 0.2) is 0 Å². The van der Waals surface area contributed by atoms with Gasteiger partial charge >= 0.3 is 0 Å². The summed E-state index contributed by atoms with van der Waals surface area (Å²) in [7, 11) is 0. The van der Waals surface area contributed by atoms with Crippen LogP contribution in [0.4, 0.5) is 0 Å². The first kappa shape index (κ1) is 25.7. The van der Waals surface area contributed by atoms with Gasteiger partial charge in [0.05, 0.1) is 5.60 Å². The minimum absolute atomic E-state index is 0.383. The summed E-state index contributed by atoms with van der Waals surface area (Å²) in [5.41, 5.74) is 9.37. The van der Waals surface area contributed by atoms with E-state index in [1.165, 1.54) is 44.9 Å². The number of rotatable bonds is 8. The topological polar surface area (TPSA) is 46.2 Å². The molecule has 3 N–H and O–H groups in total. The van der Waals surface area contributed by atoms with E-state index in [9.17, 15) is 5.11 Å². The fourth-order valence-electron chi connectivity index (χ4n) is 6.35. The summed E-state index contributed by atoms with van der Waals surface area (Å²) in [5.74, 6) is 2.71. The predicted molar refractivity (Wildman–Crippen MR) is 131 cm³/mol. The normalized spacial score (nSPS) is 35.6. The Kier molecular flexibility index (Phi) is 9.25. The Balaban J connectivity index is 2.10. The number of hydrogen-bond acceptors (Lipinski definition) is 2. The van der Waals surface area contributed by atoms with Crippen LogP contribution < -0.4 is 5.73 Å². The van der Waals surface area contributed by atoms with Crippen molar-refractivity contribution < 1.29 is 5.11 Å². The van der Waals surface area contributed by atoms with E-state index in [2.05, 4.69) is 46.8 Å². The number of nitrogens with two attached hydrogens (primary N) is 1. The molecule has 2 saturated carbocycles. The van der Waals surface area contributed by atoms with Gasteiger partial charge < -0.3 is 10.8 Å². The van der Waals surface area contributed by atoms with Gasteiger partial charge in [-0.05, 0) is 94.3 Å². The molecule has 6 atom stereocenters. The van der Waals surface area contributed by atoms with Gasteiger partial charge in [-0.1, -0.05) is 70.8 Å². The van der Waals surface area contributed by atoms with Gasteiger partial charge in [-0.25, -0.2) is 0 Å². The molecule has 0 aromatic rings. The Labute approximate surface area is 187 Å². The molecule has 2 aliphatic carbocycles. The minimum atomic E-state index is -0.534. The smallest absolute Gasteiger partial charge is 0.0591 e. The molecule has 0 saturated heterocycles. The van der Waals surface area contributed by atoms with Crippen molar-refractivity contribution in [1.82, 2.24) is 0 Å². The lowest BCUT2D eigenvalue weighted by atomic mass is 9.56. The highest BCUT2D eigenvalue weighted by atomic mass is 16.3. The number of hydrogen-bond donors (Lipinski definition) is 2. The summed E-state index contributed by atoms with van der Waals surface area (Å²) in [6.07, 6.45) is 16.9. The average molecular weight is 418 g/mol. The molecule has 2 fully saturated rings. The van der Waals surface area contributed by atoms with Gasteiger partial charge in [0.2, 0.25) is 0 Å². The third kappa shape index (κ3) is 6.70. The highest BCUT2D eigenvalue weighted by Crippen LogP contribution is 2.53. The Bertz CT molecular complexity index is 598. The van der Waals surface area contributed by atoms with E-state index in [1.807, 2.05) is 13.8 Å². The highest BCUT2D eigenvalue weighted by molar-refractivity contribution is 5.24. The summed E-state index contributed by atoms with van der Waals surface area (Å²) in [6.45, 7) is 16.1. The van der Waals surface area contributed by atoms with Crippen LogP contribution in [0.3, 0.4) is 0 Å². The van der Waals surface area contributed by atoms with Crippen LogP contribution in [0.2, 0.25) is 0 Å². The zero-order valence-electron chi connectivity index (χ0n) is 21.1. The molecule has 0 radical (unpaired) electrons. The summed E-state index contributed by atoms with van der Waals surface area (Å²) < 4.78 is 0. The molecule has 2 heteroatoms. The first-order valence-electron chi connectivity index (χ1n) is 12.8. The lowest BCUT2D eigenvalue weighted by Crippen LogP contribution is -2.40. The predicted octanol–water partition coefficient (Wildman–Crippen LogP) is 7.42. The molecule has 6 unspecified atom stereocenters. The molecule has 2 rings (SSSR count). The van der Waals surface area contributed by atoms with Crippen molar-refractivity contribution in [2.45, 2.75) is 124 Å². The van der Waals surface area contributed by atoms with E-state index >= 15 is 0 Å². The quantitative estimate of drug-likeness (QED) is 0.431. The van der Waals surface area contributed by atoms with Crippen molar-refractivity contribution in [3.05, 3.63) is 23.3 Å². The van der Waals surface area contributed by atoms with E-state index in [1.54, 1.807) is 11.1 Å². The summed E-state index contributed by atoms with van der Waals surface area (Å²) >= 11 is 0. The van der Waals surface area contributed by atoms with Crippen molar-refractivity contribution in [1.29, 1.82) is 0 Å². The Morgan fingerprint density at radius 1 is 1.23 bits per heavy atom. The lowest BCUT2D eigenvalue weighted by Gasteiger charge is -2.49. The molecule has 0 aromatic heterocycles. The van der Waals surface area contributed by atoms with Gasteiger partial charge in [0.25, 0.3) is 0 Å². The molecule has 2 nitrogen and oxygen atoms in total. The van der Waals surface area contributed by atoms with Gasteiger partial charge in [-0.15, -0.1) is 0 Å². The zero-order valence-corrected chi connectivity index (χ0v) is 21.1. The van der Waals surface area contributed by atoms with Crippen molar-refractivity contribution in [2.75, 3.05) is 0 Å². The molecule has 174 valence electrons. The molecule has 0 heterocycles. The third-order valence-corrected chi connectivity index (χ3v) is 8.82. The van der Waals surface area contributed by atoms with Gasteiger partial charge in [0, 0.05) is 6.04 Å². The van der Waals surface area contributed by atoms with Crippen LogP contribution in [0.25, 0.3) is 0 Å². The lowest BCUT2D eigenvalue weighted by molar-refractivity contribution is 0.0402. The van der Waals surface area contributed by atoms with Crippen molar-refractivity contribution in [3.63, 3.8) is 0 Å². The van der Waals surface area contributed by atoms with Crippen LogP contribution in [0.5, 0.6) is 0 Å². The van der Waals surface area contributed by atoms with Crippen LogP contribution in [-0.4, -0.2) is 16.7 Å². The molecule has 0 aliphatic heterocycles. The molecular weight excluding hydrogens is 366 g/mol. The van der Waals surface area contributed by atoms with Crippen LogP contribution in [0.1, 0.15) is 113 Å². The fourth-order valence-corrected chi connectivity index (χ4v) is 6.35. The van der Waals surface area contributed by atoms with Crippen molar-refractivity contribution >= 4 is 0 Å². The maximum atomic E-state index is 10.1. The van der Waals surface area contributed by atoms with E-state index in [0.29, 0.717) is 35.1 Å². The first-order valence-corrected chi connectivity index (χ1v) is 12.8. The molecule has 0 aromatic carbocycles. The maximum Gasteiger partial charge on any atom is 0.0591 e. The summed E-state index contributed by atoms with van der Waals surface area (Å²) in [6, 6.07) is 0.384.